The average Bonchev–Trinajstić information content (AvgIpc) is 2.48. The number of anilines is 1. The van der Waals surface area contributed by atoms with Gasteiger partial charge in [0.1, 0.15) is 6.29 Å². The van der Waals surface area contributed by atoms with Crippen LogP contribution in [0.15, 0.2) is 48.5 Å². The lowest BCUT2D eigenvalue weighted by atomic mass is 10.2. The van der Waals surface area contributed by atoms with Crippen LogP contribution in [0, 0.1) is 11.3 Å². The van der Waals surface area contributed by atoms with E-state index in [4.69, 9.17) is 5.26 Å². The molecule has 106 valence electrons. The highest BCUT2D eigenvalue weighted by Gasteiger charge is 2.11. The first-order valence-electron chi connectivity index (χ1n) is 6.07. The number of carbonyl (C=O) groups excluding carboxylic acids is 1. The van der Waals surface area contributed by atoms with Gasteiger partial charge in [-0.05, 0) is 42.0 Å². The van der Waals surface area contributed by atoms with Gasteiger partial charge in [0.25, 0.3) is 0 Å². The van der Waals surface area contributed by atoms with Gasteiger partial charge in [-0.2, -0.15) is 5.26 Å². The van der Waals surface area contributed by atoms with Gasteiger partial charge < -0.3 is 0 Å². The lowest BCUT2D eigenvalue weighted by molar-refractivity contribution is 0.112. The number of nitriles is 1. The van der Waals surface area contributed by atoms with Crippen molar-refractivity contribution in [3.63, 3.8) is 0 Å². The van der Waals surface area contributed by atoms with Gasteiger partial charge in [0.15, 0.2) is 0 Å². The standard InChI is InChI=1S/C15H12N2O3S/c16-9-12-1-3-14(4-2-12)11-21(19,20)17-15-7-5-13(10-18)6-8-15/h1-8,10,17H,11H2. The van der Waals surface area contributed by atoms with Gasteiger partial charge in [-0.15, -0.1) is 0 Å². The Kier molecular flexibility index (Phi) is 4.36. The van der Waals surface area contributed by atoms with Crippen molar-refractivity contribution in [3.8, 4) is 6.07 Å². The van der Waals surface area contributed by atoms with Crippen molar-refractivity contribution in [3.05, 3.63) is 65.2 Å². The van der Waals surface area contributed by atoms with Crippen LogP contribution in [0.25, 0.3) is 0 Å². The number of rotatable bonds is 5. The Bertz CT molecular complexity index is 773. The quantitative estimate of drug-likeness (QED) is 0.858. The highest BCUT2D eigenvalue weighted by molar-refractivity contribution is 7.91. The third-order valence-electron chi connectivity index (χ3n) is 2.76. The van der Waals surface area contributed by atoms with E-state index in [0.717, 1.165) is 0 Å². The summed E-state index contributed by atoms with van der Waals surface area (Å²) in [5.41, 5.74) is 1.94. The smallest absolute Gasteiger partial charge is 0.236 e. The van der Waals surface area contributed by atoms with E-state index in [1.165, 1.54) is 24.3 Å². The predicted octanol–water partition coefficient (Wildman–Crippen LogP) is 2.31. The summed E-state index contributed by atoms with van der Waals surface area (Å²) < 4.78 is 26.5. The Labute approximate surface area is 122 Å². The summed E-state index contributed by atoms with van der Waals surface area (Å²) in [5, 5.41) is 8.69. The van der Waals surface area contributed by atoms with Crippen molar-refractivity contribution in [2.45, 2.75) is 5.75 Å². The molecule has 0 saturated carbocycles. The third-order valence-corrected chi connectivity index (χ3v) is 4.02. The van der Waals surface area contributed by atoms with E-state index in [1.54, 1.807) is 24.3 Å². The number of nitrogens with zero attached hydrogens (tertiary/aromatic N) is 1. The molecule has 0 heterocycles. The maximum absolute atomic E-state index is 12.0. The summed E-state index contributed by atoms with van der Waals surface area (Å²) in [6.45, 7) is 0. The lowest BCUT2D eigenvalue weighted by Crippen LogP contribution is -2.15. The number of carbonyl (C=O) groups is 1. The SMILES string of the molecule is N#Cc1ccc(CS(=O)(=O)Nc2ccc(C=O)cc2)cc1. The lowest BCUT2D eigenvalue weighted by Gasteiger charge is -2.08. The van der Waals surface area contributed by atoms with Gasteiger partial charge in [0.05, 0.1) is 17.4 Å². The molecule has 0 aliphatic heterocycles. The Hall–Kier alpha value is -2.65. The fraction of sp³-hybridized carbons (Fsp3) is 0.0667. The summed E-state index contributed by atoms with van der Waals surface area (Å²) in [6.07, 6.45) is 0.690. The molecule has 6 heteroatoms. The van der Waals surface area contributed by atoms with Crippen LogP contribution >= 0.6 is 0 Å². The summed E-state index contributed by atoms with van der Waals surface area (Å²) in [6, 6.07) is 14.5. The second kappa shape index (κ2) is 6.20. The average molecular weight is 300 g/mol. The van der Waals surface area contributed by atoms with Crippen molar-refractivity contribution < 1.29 is 13.2 Å². The van der Waals surface area contributed by atoms with Crippen LogP contribution in [-0.2, 0) is 15.8 Å². The largest absolute Gasteiger partial charge is 0.298 e. The topological polar surface area (TPSA) is 87.0 Å². The molecule has 0 spiro atoms. The fourth-order valence-electron chi connectivity index (χ4n) is 1.74. The van der Waals surface area contributed by atoms with Gasteiger partial charge in [-0.25, -0.2) is 8.42 Å². The zero-order valence-electron chi connectivity index (χ0n) is 11.0. The third kappa shape index (κ3) is 4.16. The molecule has 2 aromatic carbocycles. The van der Waals surface area contributed by atoms with Crippen molar-refractivity contribution in [1.29, 1.82) is 5.26 Å². The summed E-state index contributed by atoms with van der Waals surface area (Å²) in [5.74, 6) is -0.186. The normalized spacial score (nSPS) is 10.6. The van der Waals surface area contributed by atoms with Gasteiger partial charge in [-0.1, -0.05) is 12.1 Å². The summed E-state index contributed by atoms with van der Waals surface area (Å²) in [7, 11) is -3.55. The molecule has 0 fully saturated rings. The van der Waals surface area contributed by atoms with Crippen molar-refractivity contribution >= 4 is 22.0 Å². The van der Waals surface area contributed by atoms with E-state index >= 15 is 0 Å². The number of sulfonamides is 1. The van der Waals surface area contributed by atoms with Crippen molar-refractivity contribution in [1.82, 2.24) is 0 Å². The molecule has 21 heavy (non-hydrogen) atoms. The van der Waals surface area contributed by atoms with E-state index in [2.05, 4.69) is 4.72 Å². The van der Waals surface area contributed by atoms with Gasteiger partial charge >= 0.3 is 0 Å². The highest BCUT2D eigenvalue weighted by atomic mass is 32.2. The number of nitrogens with one attached hydrogen (secondary N) is 1. The maximum Gasteiger partial charge on any atom is 0.236 e. The number of benzene rings is 2. The number of hydrogen-bond donors (Lipinski definition) is 1. The monoisotopic (exact) mass is 300 g/mol. The number of hydrogen-bond acceptors (Lipinski definition) is 4. The molecular formula is C15H12N2O3S. The maximum atomic E-state index is 12.0. The molecule has 0 unspecified atom stereocenters. The van der Waals surface area contributed by atoms with Crippen LogP contribution in [-0.4, -0.2) is 14.7 Å². The van der Waals surface area contributed by atoms with E-state index in [-0.39, 0.29) is 5.75 Å². The van der Waals surface area contributed by atoms with Crippen LogP contribution in [0.2, 0.25) is 0 Å². The Balaban J connectivity index is 2.10. The molecule has 0 aliphatic rings. The predicted molar refractivity (Wildman–Crippen MR) is 79.2 cm³/mol. The first-order chi connectivity index (χ1) is 10.0. The second-order valence-corrected chi connectivity index (χ2v) is 6.13. The Morgan fingerprint density at radius 2 is 1.67 bits per heavy atom. The van der Waals surface area contributed by atoms with Crippen LogP contribution < -0.4 is 4.72 Å². The summed E-state index contributed by atoms with van der Waals surface area (Å²) >= 11 is 0. The molecule has 1 N–H and O–H groups in total. The van der Waals surface area contributed by atoms with E-state index in [9.17, 15) is 13.2 Å². The molecule has 0 amide bonds. The molecule has 0 atom stereocenters. The zero-order chi connectivity index (χ0) is 15.3. The highest BCUT2D eigenvalue weighted by Crippen LogP contribution is 2.14. The molecule has 2 aromatic rings. The Morgan fingerprint density at radius 3 is 2.19 bits per heavy atom. The minimum Gasteiger partial charge on any atom is -0.298 e. The van der Waals surface area contributed by atoms with E-state index in [0.29, 0.717) is 28.7 Å². The van der Waals surface area contributed by atoms with Crippen LogP contribution in [0.5, 0.6) is 0 Å². The van der Waals surface area contributed by atoms with E-state index < -0.39 is 10.0 Å². The molecule has 0 aliphatic carbocycles. The second-order valence-electron chi connectivity index (χ2n) is 4.41. The minimum absolute atomic E-state index is 0.186. The van der Waals surface area contributed by atoms with Crippen molar-refractivity contribution in [2.24, 2.45) is 0 Å². The number of aldehydes is 1. The molecule has 0 radical (unpaired) electrons. The molecular weight excluding hydrogens is 288 g/mol. The first kappa shape index (κ1) is 14.8. The summed E-state index contributed by atoms with van der Waals surface area (Å²) in [4.78, 5) is 10.5. The van der Waals surface area contributed by atoms with Crippen LogP contribution in [0.4, 0.5) is 5.69 Å². The van der Waals surface area contributed by atoms with Gasteiger partial charge in [0.2, 0.25) is 10.0 Å². The molecule has 0 aromatic heterocycles. The molecule has 2 rings (SSSR count). The van der Waals surface area contributed by atoms with Gasteiger partial charge in [0, 0.05) is 11.3 Å². The molecule has 5 nitrogen and oxygen atoms in total. The zero-order valence-corrected chi connectivity index (χ0v) is 11.8. The minimum atomic E-state index is -3.55. The first-order valence-corrected chi connectivity index (χ1v) is 7.72. The molecule has 0 bridgehead atoms. The molecule has 0 saturated heterocycles. The van der Waals surface area contributed by atoms with Gasteiger partial charge in [-0.3, -0.25) is 9.52 Å². The van der Waals surface area contributed by atoms with Crippen molar-refractivity contribution in [2.75, 3.05) is 4.72 Å². The fourth-order valence-corrected chi connectivity index (χ4v) is 2.94. The van der Waals surface area contributed by atoms with Crippen LogP contribution in [0.1, 0.15) is 21.5 Å². The van der Waals surface area contributed by atoms with Crippen LogP contribution in [0.3, 0.4) is 0 Å². The van der Waals surface area contributed by atoms with E-state index in [1.807, 2.05) is 6.07 Å². The Morgan fingerprint density at radius 1 is 1.05 bits per heavy atom.